The Morgan fingerprint density at radius 3 is 3.12 bits per heavy atom. The van der Waals surface area contributed by atoms with Gasteiger partial charge < -0.3 is 15.4 Å². The maximum atomic E-state index is 8.78. The van der Waals surface area contributed by atoms with Gasteiger partial charge in [0.15, 0.2) is 5.82 Å². The van der Waals surface area contributed by atoms with Gasteiger partial charge in [-0.3, -0.25) is 0 Å². The number of nitrogens with zero attached hydrogens (tertiary/aromatic N) is 2. The highest BCUT2D eigenvalue weighted by Crippen LogP contribution is 2.36. The Morgan fingerprint density at radius 2 is 2.44 bits per heavy atom. The fourth-order valence-electron chi connectivity index (χ4n) is 1.74. The molecule has 0 aliphatic carbocycles. The summed E-state index contributed by atoms with van der Waals surface area (Å²) in [5.41, 5.74) is 5.79. The van der Waals surface area contributed by atoms with Gasteiger partial charge in [-0.25, -0.2) is 0 Å². The van der Waals surface area contributed by atoms with Crippen molar-refractivity contribution in [3.05, 3.63) is 11.7 Å². The summed E-state index contributed by atoms with van der Waals surface area (Å²) in [6.45, 7) is 0.0387. The third kappa shape index (κ3) is 2.75. The molecule has 3 N–H and O–H groups in total. The van der Waals surface area contributed by atoms with E-state index >= 15 is 0 Å². The van der Waals surface area contributed by atoms with Crippen LogP contribution in [0, 0.1) is 0 Å². The molecular formula is C10H17N3O2S. The molecule has 1 aliphatic heterocycles. The predicted molar refractivity (Wildman–Crippen MR) is 62.0 cm³/mol. The quantitative estimate of drug-likeness (QED) is 0.831. The molecule has 2 rings (SSSR count). The Morgan fingerprint density at radius 1 is 1.56 bits per heavy atom. The number of aliphatic hydroxyl groups is 1. The molecular weight excluding hydrogens is 226 g/mol. The highest BCUT2D eigenvalue weighted by Gasteiger charge is 2.23. The number of rotatable bonds is 4. The van der Waals surface area contributed by atoms with Crippen molar-refractivity contribution in [3.8, 4) is 0 Å². The maximum Gasteiger partial charge on any atom is 0.243 e. The van der Waals surface area contributed by atoms with Crippen molar-refractivity contribution in [2.75, 3.05) is 12.4 Å². The summed E-state index contributed by atoms with van der Waals surface area (Å²) in [4.78, 5) is 4.32. The van der Waals surface area contributed by atoms with Crippen LogP contribution in [0.3, 0.4) is 0 Å². The predicted octanol–water partition coefficient (Wildman–Crippen LogP) is 1.41. The average Bonchev–Trinajstić information content (AvgIpc) is 2.80. The summed E-state index contributed by atoms with van der Waals surface area (Å²) < 4.78 is 5.12. The minimum Gasteiger partial charge on any atom is -0.396 e. The molecule has 90 valence electrons. The van der Waals surface area contributed by atoms with E-state index in [4.69, 9.17) is 15.4 Å². The zero-order chi connectivity index (χ0) is 11.4. The van der Waals surface area contributed by atoms with Crippen LogP contribution in [-0.2, 0) is 0 Å². The van der Waals surface area contributed by atoms with Gasteiger partial charge in [0.05, 0.1) is 11.3 Å². The molecule has 0 amide bonds. The third-order valence-electron chi connectivity index (χ3n) is 2.68. The largest absolute Gasteiger partial charge is 0.396 e. The molecule has 0 saturated carbocycles. The van der Waals surface area contributed by atoms with Gasteiger partial charge in [0.2, 0.25) is 5.89 Å². The Labute approximate surface area is 98.8 Å². The number of hydrogen-bond acceptors (Lipinski definition) is 6. The van der Waals surface area contributed by atoms with Gasteiger partial charge in [0, 0.05) is 6.61 Å². The van der Waals surface area contributed by atoms with Crippen LogP contribution in [0.25, 0.3) is 0 Å². The summed E-state index contributed by atoms with van der Waals surface area (Å²) in [7, 11) is 0. The van der Waals surface area contributed by atoms with Gasteiger partial charge in [-0.1, -0.05) is 11.6 Å². The zero-order valence-electron chi connectivity index (χ0n) is 9.13. The lowest BCUT2D eigenvalue weighted by molar-refractivity contribution is 0.259. The Kier molecular flexibility index (Phi) is 4.20. The van der Waals surface area contributed by atoms with Crippen LogP contribution in [0.2, 0.25) is 0 Å². The summed E-state index contributed by atoms with van der Waals surface area (Å²) in [6, 6.07) is -0.347. The normalized spacial score (nSPS) is 23.2. The molecule has 2 atom stereocenters. The first-order chi connectivity index (χ1) is 7.81. The summed E-state index contributed by atoms with van der Waals surface area (Å²) in [5, 5.41) is 13.1. The van der Waals surface area contributed by atoms with E-state index < -0.39 is 0 Å². The number of nitrogens with two attached hydrogens (primary N) is 1. The lowest BCUT2D eigenvalue weighted by Gasteiger charge is -2.17. The molecule has 0 spiro atoms. The fraction of sp³-hybridized carbons (Fsp3) is 0.800. The molecule has 1 fully saturated rings. The first-order valence-electron chi connectivity index (χ1n) is 5.63. The van der Waals surface area contributed by atoms with Crippen LogP contribution in [0.5, 0.6) is 0 Å². The lowest BCUT2D eigenvalue weighted by atomic mass is 10.2. The SMILES string of the molecule is NC(CCO)c1nc(C2CCCCS2)no1. The van der Waals surface area contributed by atoms with Crippen molar-refractivity contribution in [2.24, 2.45) is 5.73 Å². The second-order valence-corrected chi connectivity index (χ2v) is 5.28. The standard InChI is InChI=1S/C10H17N3O2S/c11-7(4-5-14)10-12-9(13-15-10)8-3-1-2-6-16-8/h7-8,14H,1-6,11H2. The highest BCUT2D eigenvalue weighted by atomic mass is 32.2. The smallest absolute Gasteiger partial charge is 0.243 e. The van der Waals surface area contributed by atoms with Crippen molar-refractivity contribution in [3.63, 3.8) is 0 Å². The van der Waals surface area contributed by atoms with E-state index in [1.165, 1.54) is 12.8 Å². The molecule has 2 heterocycles. The van der Waals surface area contributed by atoms with Crippen LogP contribution >= 0.6 is 11.8 Å². The second kappa shape index (κ2) is 5.65. The summed E-state index contributed by atoms with van der Waals surface area (Å²) in [5.74, 6) is 2.36. The minimum absolute atomic E-state index is 0.0387. The van der Waals surface area contributed by atoms with Crippen LogP contribution in [0.1, 0.15) is 48.7 Å². The summed E-state index contributed by atoms with van der Waals surface area (Å²) in [6.07, 6.45) is 4.07. The number of aromatic nitrogens is 2. The van der Waals surface area contributed by atoms with E-state index in [0.29, 0.717) is 17.6 Å². The molecule has 1 aromatic rings. The van der Waals surface area contributed by atoms with Gasteiger partial charge in [-0.2, -0.15) is 16.7 Å². The molecule has 0 aromatic carbocycles. The van der Waals surface area contributed by atoms with E-state index in [-0.39, 0.29) is 12.6 Å². The van der Waals surface area contributed by atoms with Crippen molar-refractivity contribution in [1.82, 2.24) is 10.1 Å². The van der Waals surface area contributed by atoms with E-state index in [1.54, 1.807) is 0 Å². The molecule has 0 radical (unpaired) electrons. The molecule has 1 aromatic heterocycles. The molecule has 6 heteroatoms. The number of thioether (sulfide) groups is 1. The van der Waals surface area contributed by atoms with Crippen molar-refractivity contribution in [2.45, 2.75) is 37.0 Å². The molecule has 1 aliphatic rings. The van der Waals surface area contributed by atoms with Gasteiger partial charge in [-0.15, -0.1) is 0 Å². The molecule has 5 nitrogen and oxygen atoms in total. The van der Waals surface area contributed by atoms with Crippen LogP contribution in [0.15, 0.2) is 4.52 Å². The zero-order valence-corrected chi connectivity index (χ0v) is 9.95. The Hall–Kier alpha value is -0.590. The third-order valence-corrected chi connectivity index (χ3v) is 4.06. The lowest BCUT2D eigenvalue weighted by Crippen LogP contribution is -2.12. The Balaban J connectivity index is 2.00. The van der Waals surface area contributed by atoms with Gasteiger partial charge in [-0.05, 0) is 25.0 Å². The molecule has 1 saturated heterocycles. The van der Waals surface area contributed by atoms with E-state index in [1.807, 2.05) is 11.8 Å². The summed E-state index contributed by atoms with van der Waals surface area (Å²) >= 11 is 1.88. The van der Waals surface area contributed by atoms with Gasteiger partial charge in [0.25, 0.3) is 0 Å². The van der Waals surface area contributed by atoms with Crippen LogP contribution in [0.4, 0.5) is 0 Å². The van der Waals surface area contributed by atoms with Crippen LogP contribution in [-0.4, -0.2) is 27.6 Å². The number of hydrogen-bond donors (Lipinski definition) is 2. The van der Waals surface area contributed by atoms with E-state index in [2.05, 4.69) is 10.1 Å². The average molecular weight is 243 g/mol. The highest BCUT2D eigenvalue weighted by molar-refractivity contribution is 7.99. The molecule has 0 bridgehead atoms. The molecule has 2 unspecified atom stereocenters. The fourth-order valence-corrected chi connectivity index (χ4v) is 2.97. The van der Waals surface area contributed by atoms with Gasteiger partial charge in [0.1, 0.15) is 0 Å². The maximum absolute atomic E-state index is 8.78. The first kappa shape index (κ1) is 11.9. The second-order valence-electron chi connectivity index (χ2n) is 3.96. The van der Waals surface area contributed by atoms with Crippen molar-refractivity contribution in [1.29, 1.82) is 0 Å². The first-order valence-corrected chi connectivity index (χ1v) is 6.67. The number of aliphatic hydroxyl groups excluding tert-OH is 1. The topological polar surface area (TPSA) is 85.2 Å². The van der Waals surface area contributed by atoms with E-state index in [9.17, 15) is 0 Å². The monoisotopic (exact) mass is 243 g/mol. The van der Waals surface area contributed by atoms with Crippen molar-refractivity contribution < 1.29 is 9.63 Å². The van der Waals surface area contributed by atoms with Crippen LogP contribution < -0.4 is 5.73 Å². The minimum atomic E-state index is -0.347. The Bertz CT molecular complexity index is 326. The molecule has 16 heavy (non-hydrogen) atoms. The van der Waals surface area contributed by atoms with Gasteiger partial charge >= 0.3 is 0 Å². The van der Waals surface area contributed by atoms with E-state index in [0.717, 1.165) is 18.0 Å². The van der Waals surface area contributed by atoms with Crippen molar-refractivity contribution >= 4 is 11.8 Å².